The lowest BCUT2D eigenvalue weighted by molar-refractivity contribution is -0.146. The lowest BCUT2D eigenvalue weighted by Gasteiger charge is -2.23. The zero-order valence-corrected chi connectivity index (χ0v) is 18.1. The van der Waals surface area contributed by atoms with Gasteiger partial charge in [-0.1, -0.05) is 12.2 Å². The summed E-state index contributed by atoms with van der Waals surface area (Å²) in [5.74, 6) is -1.98. The van der Waals surface area contributed by atoms with Crippen molar-refractivity contribution in [2.24, 2.45) is 11.8 Å². The number of allylic oxidation sites excluding steroid dienone is 2. The van der Waals surface area contributed by atoms with Crippen LogP contribution in [0.15, 0.2) is 35.2 Å². The first-order valence-corrected chi connectivity index (χ1v) is 11.0. The molecule has 30 heavy (non-hydrogen) atoms. The number of ether oxygens (including phenoxy) is 1. The summed E-state index contributed by atoms with van der Waals surface area (Å²) < 4.78 is 31.3. The molecule has 1 heterocycles. The van der Waals surface area contributed by atoms with Gasteiger partial charge in [0.1, 0.15) is 16.7 Å². The maximum atomic E-state index is 12.8. The Bertz CT molecular complexity index is 991. The van der Waals surface area contributed by atoms with E-state index in [9.17, 15) is 22.8 Å². The number of sulfonamides is 1. The van der Waals surface area contributed by atoms with Crippen LogP contribution in [-0.4, -0.2) is 62.6 Å². The van der Waals surface area contributed by atoms with Crippen molar-refractivity contribution in [2.75, 3.05) is 26.5 Å². The molecule has 2 aliphatic rings. The van der Waals surface area contributed by atoms with Crippen LogP contribution in [0.2, 0.25) is 0 Å². The molecular weight excluding hydrogens is 410 g/mol. The number of anilines is 1. The number of benzene rings is 1. The molecule has 3 atom stereocenters. The van der Waals surface area contributed by atoms with Crippen LogP contribution in [0.3, 0.4) is 0 Å². The Morgan fingerprint density at radius 3 is 2.23 bits per heavy atom. The predicted octanol–water partition coefficient (Wildman–Crippen LogP) is 1.22. The summed E-state index contributed by atoms with van der Waals surface area (Å²) in [5.41, 5.74) is 0.214. The monoisotopic (exact) mass is 435 g/mol. The van der Waals surface area contributed by atoms with Gasteiger partial charge in [-0.25, -0.2) is 12.7 Å². The van der Waals surface area contributed by atoms with Crippen molar-refractivity contribution in [3.05, 3.63) is 30.4 Å². The molecule has 1 aromatic carbocycles. The highest BCUT2D eigenvalue weighted by atomic mass is 32.2. The van der Waals surface area contributed by atoms with Crippen molar-refractivity contribution in [3.8, 4) is 5.75 Å². The molecule has 0 aromatic heterocycles. The van der Waals surface area contributed by atoms with Gasteiger partial charge in [0.15, 0.2) is 0 Å². The van der Waals surface area contributed by atoms with E-state index in [1.165, 1.54) is 46.3 Å². The Kier molecular flexibility index (Phi) is 6.00. The average molecular weight is 436 g/mol. The molecule has 0 unspecified atom stereocenters. The van der Waals surface area contributed by atoms with Gasteiger partial charge >= 0.3 is 0 Å². The van der Waals surface area contributed by atoms with E-state index in [0.717, 1.165) is 9.21 Å². The van der Waals surface area contributed by atoms with Gasteiger partial charge in [-0.15, -0.1) is 0 Å². The number of rotatable bonds is 6. The number of hydrogen-bond acceptors (Lipinski definition) is 6. The lowest BCUT2D eigenvalue weighted by atomic mass is 9.85. The molecule has 1 N–H and O–H groups in total. The maximum Gasteiger partial charge on any atom is 0.247 e. The van der Waals surface area contributed by atoms with Crippen LogP contribution >= 0.6 is 0 Å². The fourth-order valence-electron chi connectivity index (χ4n) is 3.72. The molecule has 3 amide bonds. The molecular formula is C20H25N3O6S. The van der Waals surface area contributed by atoms with Crippen LogP contribution < -0.4 is 10.1 Å². The molecule has 1 aliphatic carbocycles. The molecule has 0 bridgehead atoms. The third kappa shape index (κ3) is 3.72. The SMILES string of the molecule is COc1ccc(NC(=O)[C@H](C)N2C(=O)[C@H]3CC=CC[C@H]3C2=O)cc1S(=O)(=O)N(C)C. The Morgan fingerprint density at radius 1 is 1.17 bits per heavy atom. The van der Waals surface area contributed by atoms with Gasteiger partial charge in [0.2, 0.25) is 27.7 Å². The van der Waals surface area contributed by atoms with Gasteiger partial charge in [0, 0.05) is 19.8 Å². The molecule has 1 aliphatic heterocycles. The van der Waals surface area contributed by atoms with Gasteiger partial charge in [-0.2, -0.15) is 0 Å². The first kappa shape index (κ1) is 22.0. The Balaban J connectivity index is 1.82. The zero-order chi connectivity index (χ0) is 22.2. The van der Waals surface area contributed by atoms with Crippen molar-refractivity contribution in [2.45, 2.75) is 30.7 Å². The summed E-state index contributed by atoms with van der Waals surface area (Å²) in [6, 6.07) is 3.20. The first-order chi connectivity index (χ1) is 14.1. The normalized spacial score (nSPS) is 22.2. The van der Waals surface area contributed by atoms with Gasteiger partial charge in [-0.05, 0) is 38.0 Å². The van der Waals surface area contributed by atoms with E-state index in [2.05, 4.69) is 5.32 Å². The number of likely N-dealkylation sites (tertiary alicyclic amines) is 1. The summed E-state index contributed by atoms with van der Waals surface area (Å²) in [7, 11) is 0.316. The van der Waals surface area contributed by atoms with Crippen molar-refractivity contribution in [3.63, 3.8) is 0 Å². The molecule has 9 nitrogen and oxygen atoms in total. The highest BCUT2D eigenvalue weighted by molar-refractivity contribution is 7.89. The van der Waals surface area contributed by atoms with Crippen molar-refractivity contribution < 1.29 is 27.5 Å². The second-order valence-electron chi connectivity index (χ2n) is 7.52. The molecule has 162 valence electrons. The summed E-state index contributed by atoms with van der Waals surface area (Å²) in [6.45, 7) is 1.48. The van der Waals surface area contributed by atoms with E-state index in [0.29, 0.717) is 12.8 Å². The standard InChI is InChI=1S/C20H25N3O6S/c1-12(23-19(25)14-7-5-6-8-15(14)20(23)26)18(24)21-13-9-10-16(29-4)17(11-13)30(27,28)22(2)3/h5-6,9-12,14-15H,7-8H2,1-4H3,(H,21,24)/t12-,14-,15+/m0/s1. The van der Waals surface area contributed by atoms with E-state index in [-0.39, 0.29) is 28.1 Å². The summed E-state index contributed by atoms with van der Waals surface area (Å²) in [5, 5.41) is 2.60. The third-order valence-electron chi connectivity index (χ3n) is 5.50. The second-order valence-corrected chi connectivity index (χ2v) is 9.64. The van der Waals surface area contributed by atoms with E-state index in [1.54, 1.807) is 0 Å². The summed E-state index contributed by atoms with van der Waals surface area (Å²) >= 11 is 0. The molecule has 0 radical (unpaired) electrons. The van der Waals surface area contributed by atoms with Crippen LogP contribution in [0.25, 0.3) is 0 Å². The number of imide groups is 1. The number of nitrogens with zero attached hydrogens (tertiary/aromatic N) is 2. The van der Waals surface area contributed by atoms with E-state index < -0.39 is 33.8 Å². The van der Waals surface area contributed by atoms with E-state index in [1.807, 2.05) is 12.2 Å². The van der Waals surface area contributed by atoms with Gasteiger partial charge in [0.25, 0.3) is 0 Å². The van der Waals surface area contributed by atoms with Crippen LogP contribution in [0.1, 0.15) is 19.8 Å². The molecule has 0 spiro atoms. The second kappa shape index (κ2) is 8.19. The number of amides is 3. The topological polar surface area (TPSA) is 113 Å². The summed E-state index contributed by atoms with van der Waals surface area (Å²) in [6.07, 6.45) is 4.74. The number of methoxy groups -OCH3 is 1. The Labute approximate surface area is 175 Å². The van der Waals surface area contributed by atoms with Gasteiger partial charge < -0.3 is 10.1 Å². The highest BCUT2D eigenvalue weighted by Gasteiger charge is 2.50. The van der Waals surface area contributed by atoms with Crippen LogP contribution in [-0.2, 0) is 24.4 Å². The molecule has 1 fully saturated rings. The highest BCUT2D eigenvalue weighted by Crippen LogP contribution is 2.36. The molecule has 3 rings (SSSR count). The predicted molar refractivity (Wildman–Crippen MR) is 109 cm³/mol. The van der Waals surface area contributed by atoms with Crippen LogP contribution in [0.4, 0.5) is 5.69 Å². The van der Waals surface area contributed by atoms with Crippen molar-refractivity contribution in [1.29, 1.82) is 0 Å². The number of carbonyl (C=O) groups excluding carboxylic acids is 3. The van der Waals surface area contributed by atoms with Crippen molar-refractivity contribution >= 4 is 33.4 Å². The molecule has 1 aromatic rings. The fourth-order valence-corrected chi connectivity index (χ4v) is 4.80. The lowest BCUT2D eigenvalue weighted by Crippen LogP contribution is -2.46. The minimum absolute atomic E-state index is 0.106. The third-order valence-corrected chi connectivity index (χ3v) is 7.33. The number of carbonyl (C=O) groups is 3. The minimum atomic E-state index is -3.81. The quantitative estimate of drug-likeness (QED) is 0.531. The molecule has 1 saturated heterocycles. The van der Waals surface area contributed by atoms with E-state index >= 15 is 0 Å². The van der Waals surface area contributed by atoms with E-state index in [4.69, 9.17) is 4.74 Å². The number of fused-ring (bicyclic) bond motifs is 1. The number of hydrogen-bond donors (Lipinski definition) is 1. The number of nitrogens with one attached hydrogen (secondary N) is 1. The average Bonchev–Trinajstić information content (AvgIpc) is 2.97. The smallest absolute Gasteiger partial charge is 0.247 e. The first-order valence-electron chi connectivity index (χ1n) is 9.53. The molecule has 10 heteroatoms. The van der Waals surface area contributed by atoms with Crippen LogP contribution in [0.5, 0.6) is 5.75 Å². The van der Waals surface area contributed by atoms with Crippen LogP contribution in [0, 0.1) is 11.8 Å². The zero-order valence-electron chi connectivity index (χ0n) is 17.3. The fraction of sp³-hybridized carbons (Fsp3) is 0.450. The summed E-state index contributed by atoms with van der Waals surface area (Å²) in [4.78, 5) is 39.1. The Hall–Kier alpha value is -2.72. The Morgan fingerprint density at radius 2 is 1.73 bits per heavy atom. The maximum absolute atomic E-state index is 12.8. The van der Waals surface area contributed by atoms with Gasteiger partial charge in [0.05, 0.1) is 18.9 Å². The molecule has 0 saturated carbocycles. The minimum Gasteiger partial charge on any atom is -0.495 e. The van der Waals surface area contributed by atoms with Crippen molar-refractivity contribution in [1.82, 2.24) is 9.21 Å². The van der Waals surface area contributed by atoms with Gasteiger partial charge in [-0.3, -0.25) is 19.3 Å². The largest absolute Gasteiger partial charge is 0.495 e.